The summed E-state index contributed by atoms with van der Waals surface area (Å²) in [6.45, 7) is 1.82. The summed E-state index contributed by atoms with van der Waals surface area (Å²) in [6, 6.07) is 0.742. The average molecular weight is 212 g/mol. The maximum atomic E-state index is 4.11. The van der Waals surface area contributed by atoms with Gasteiger partial charge in [-0.15, -0.1) is 5.10 Å². The molecular weight excluding hydrogens is 196 g/mol. The van der Waals surface area contributed by atoms with Gasteiger partial charge in [-0.3, -0.25) is 4.68 Å². The number of rotatable bonds is 6. The zero-order chi connectivity index (χ0) is 9.80. The predicted octanol–water partition coefficient (Wildman–Crippen LogP) is 0.893. The molecule has 5 heteroatoms. The van der Waals surface area contributed by atoms with Crippen LogP contribution in [0.15, 0.2) is 6.20 Å². The second-order valence-electron chi connectivity index (χ2n) is 3.62. The van der Waals surface area contributed by atoms with E-state index < -0.39 is 0 Å². The van der Waals surface area contributed by atoms with Crippen LogP contribution in [0.4, 0.5) is 0 Å². The summed E-state index contributed by atoms with van der Waals surface area (Å²) in [6.07, 6.45) is 6.78. The summed E-state index contributed by atoms with van der Waals surface area (Å²) in [7, 11) is 0. The SMILES string of the molecule is CSCCn1cc(CNC2CC2)nn1. The quantitative estimate of drug-likeness (QED) is 0.760. The Morgan fingerprint density at radius 3 is 3.21 bits per heavy atom. The van der Waals surface area contributed by atoms with Crippen molar-refractivity contribution in [3.8, 4) is 0 Å². The number of aryl methyl sites for hydroxylation is 1. The molecule has 1 aliphatic carbocycles. The van der Waals surface area contributed by atoms with Crippen LogP contribution < -0.4 is 5.32 Å². The van der Waals surface area contributed by atoms with Gasteiger partial charge in [-0.05, 0) is 19.1 Å². The molecule has 1 saturated carbocycles. The fourth-order valence-corrected chi connectivity index (χ4v) is 1.62. The number of nitrogens with one attached hydrogen (secondary N) is 1. The minimum Gasteiger partial charge on any atom is -0.308 e. The lowest BCUT2D eigenvalue weighted by atomic mass is 10.4. The van der Waals surface area contributed by atoms with Crippen molar-refractivity contribution < 1.29 is 0 Å². The number of nitrogens with zero attached hydrogens (tertiary/aromatic N) is 3. The van der Waals surface area contributed by atoms with Crippen LogP contribution in [0.2, 0.25) is 0 Å². The fourth-order valence-electron chi connectivity index (χ4n) is 1.25. The van der Waals surface area contributed by atoms with Crippen molar-refractivity contribution in [2.24, 2.45) is 0 Å². The standard InChI is InChI=1S/C9H16N4S/c1-14-5-4-13-7-9(11-12-13)6-10-8-2-3-8/h7-8,10H,2-6H2,1H3. The minimum absolute atomic E-state index is 0.742. The van der Waals surface area contributed by atoms with Crippen LogP contribution in [-0.4, -0.2) is 33.0 Å². The first-order valence-corrected chi connectivity index (χ1v) is 6.39. The molecule has 78 valence electrons. The molecule has 0 aliphatic heterocycles. The van der Waals surface area contributed by atoms with Crippen LogP contribution in [0.5, 0.6) is 0 Å². The summed E-state index contributed by atoms with van der Waals surface area (Å²) >= 11 is 1.83. The smallest absolute Gasteiger partial charge is 0.0964 e. The lowest BCUT2D eigenvalue weighted by Crippen LogP contribution is -2.15. The van der Waals surface area contributed by atoms with Gasteiger partial charge in [0.1, 0.15) is 0 Å². The molecule has 0 aromatic carbocycles. The Bertz CT molecular complexity index is 282. The van der Waals surface area contributed by atoms with E-state index in [2.05, 4.69) is 21.9 Å². The fraction of sp³-hybridized carbons (Fsp3) is 0.778. The Labute approximate surface area is 88.4 Å². The molecule has 1 aliphatic rings. The molecule has 4 nitrogen and oxygen atoms in total. The van der Waals surface area contributed by atoms with Crippen LogP contribution in [0.1, 0.15) is 18.5 Å². The van der Waals surface area contributed by atoms with Gasteiger partial charge in [0.25, 0.3) is 0 Å². The van der Waals surface area contributed by atoms with E-state index in [-0.39, 0.29) is 0 Å². The zero-order valence-corrected chi connectivity index (χ0v) is 9.26. The van der Waals surface area contributed by atoms with Crippen LogP contribution in [0.25, 0.3) is 0 Å². The molecule has 0 amide bonds. The van der Waals surface area contributed by atoms with Crippen LogP contribution in [0.3, 0.4) is 0 Å². The Morgan fingerprint density at radius 2 is 2.50 bits per heavy atom. The molecule has 1 fully saturated rings. The van der Waals surface area contributed by atoms with Gasteiger partial charge in [-0.25, -0.2) is 0 Å². The van der Waals surface area contributed by atoms with E-state index in [1.165, 1.54) is 12.8 Å². The molecule has 14 heavy (non-hydrogen) atoms. The molecule has 1 aromatic heterocycles. The Kier molecular flexibility index (Phi) is 3.42. The molecule has 2 rings (SSSR count). The number of hydrogen-bond acceptors (Lipinski definition) is 4. The average Bonchev–Trinajstić information content (AvgIpc) is 2.92. The van der Waals surface area contributed by atoms with E-state index in [0.717, 1.165) is 30.6 Å². The molecule has 1 heterocycles. The molecule has 0 atom stereocenters. The van der Waals surface area contributed by atoms with E-state index in [1.54, 1.807) is 0 Å². The molecule has 0 saturated heterocycles. The van der Waals surface area contributed by atoms with Crippen LogP contribution in [-0.2, 0) is 13.1 Å². The van der Waals surface area contributed by atoms with Crippen LogP contribution >= 0.6 is 11.8 Å². The van der Waals surface area contributed by atoms with Gasteiger partial charge >= 0.3 is 0 Å². The summed E-state index contributed by atoms with van der Waals surface area (Å²) in [4.78, 5) is 0. The van der Waals surface area contributed by atoms with Crippen molar-refractivity contribution in [1.82, 2.24) is 20.3 Å². The highest BCUT2D eigenvalue weighted by Crippen LogP contribution is 2.18. The lowest BCUT2D eigenvalue weighted by Gasteiger charge is -1.97. The summed E-state index contributed by atoms with van der Waals surface area (Å²) in [5, 5.41) is 11.6. The third-order valence-electron chi connectivity index (χ3n) is 2.26. The van der Waals surface area contributed by atoms with Gasteiger partial charge in [0, 0.05) is 24.5 Å². The molecule has 1 aromatic rings. The monoisotopic (exact) mass is 212 g/mol. The van der Waals surface area contributed by atoms with Gasteiger partial charge in [0.15, 0.2) is 0 Å². The normalized spacial score (nSPS) is 16.1. The van der Waals surface area contributed by atoms with E-state index in [1.807, 2.05) is 22.6 Å². The highest BCUT2D eigenvalue weighted by molar-refractivity contribution is 7.98. The maximum absolute atomic E-state index is 4.11. The van der Waals surface area contributed by atoms with E-state index >= 15 is 0 Å². The predicted molar refractivity (Wildman–Crippen MR) is 58.3 cm³/mol. The minimum atomic E-state index is 0.742. The largest absolute Gasteiger partial charge is 0.308 e. The Balaban J connectivity index is 1.76. The number of thioether (sulfide) groups is 1. The molecule has 0 bridgehead atoms. The second kappa shape index (κ2) is 4.79. The third kappa shape index (κ3) is 2.99. The van der Waals surface area contributed by atoms with Crippen molar-refractivity contribution in [2.45, 2.75) is 32.0 Å². The highest BCUT2D eigenvalue weighted by atomic mass is 32.2. The highest BCUT2D eigenvalue weighted by Gasteiger charge is 2.20. The first kappa shape index (κ1) is 9.98. The van der Waals surface area contributed by atoms with Gasteiger partial charge in [-0.1, -0.05) is 5.21 Å². The topological polar surface area (TPSA) is 42.7 Å². The van der Waals surface area contributed by atoms with Gasteiger partial charge in [0.05, 0.1) is 12.2 Å². The van der Waals surface area contributed by atoms with Crippen molar-refractivity contribution in [3.05, 3.63) is 11.9 Å². The van der Waals surface area contributed by atoms with E-state index in [0.29, 0.717) is 0 Å². The summed E-state index contributed by atoms with van der Waals surface area (Å²) < 4.78 is 1.92. The molecule has 0 unspecified atom stereocenters. The van der Waals surface area contributed by atoms with Crippen molar-refractivity contribution in [1.29, 1.82) is 0 Å². The lowest BCUT2D eigenvalue weighted by molar-refractivity contribution is 0.631. The van der Waals surface area contributed by atoms with E-state index in [4.69, 9.17) is 0 Å². The number of hydrogen-bond donors (Lipinski definition) is 1. The maximum Gasteiger partial charge on any atom is 0.0964 e. The van der Waals surface area contributed by atoms with E-state index in [9.17, 15) is 0 Å². The molecular formula is C9H16N4S. The molecule has 1 N–H and O–H groups in total. The first-order valence-electron chi connectivity index (χ1n) is 5.00. The second-order valence-corrected chi connectivity index (χ2v) is 4.61. The molecule has 0 spiro atoms. The van der Waals surface area contributed by atoms with Crippen molar-refractivity contribution in [3.63, 3.8) is 0 Å². The summed E-state index contributed by atoms with van der Waals surface area (Å²) in [5.74, 6) is 1.10. The summed E-state index contributed by atoms with van der Waals surface area (Å²) in [5.41, 5.74) is 1.05. The van der Waals surface area contributed by atoms with Crippen molar-refractivity contribution >= 4 is 11.8 Å². The van der Waals surface area contributed by atoms with Crippen LogP contribution in [0, 0.1) is 0 Å². The van der Waals surface area contributed by atoms with Gasteiger partial charge in [0.2, 0.25) is 0 Å². The zero-order valence-electron chi connectivity index (χ0n) is 8.44. The Hall–Kier alpha value is -0.550. The number of aromatic nitrogens is 3. The van der Waals surface area contributed by atoms with Gasteiger partial charge in [-0.2, -0.15) is 11.8 Å². The third-order valence-corrected chi connectivity index (χ3v) is 2.85. The van der Waals surface area contributed by atoms with Crippen molar-refractivity contribution in [2.75, 3.05) is 12.0 Å². The molecule has 0 radical (unpaired) electrons. The first-order chi connectivity index (χ1) is 6.88. The Morgan fingerprint density at radius 1 is 1.64 bits per heavy atom. The van der Waals surface area contributed by atoms with Gasteiger partial charge < -0.3 is 5.32 Å².